The molecule has 1 heterocycles. The highest BCUT2D eigenvalue weighted by atomic mass is 35.5. The Kier molecular flexibility index (Phi) is 4.82. The van der Waals surface area contributed by atoms with E-state index in [-0.39, 0.29) is 11.9 Å². The standard InChI is InChI=1S/C15H22ClFN2/c1-10-3-4-11(2)19(9-10)15(8-18)12-5-13(16)7-14(17)6-12/h5-7,10-11,15H,3-4,8-9,18H2,1-2H3. The average molecular weight is 285 g/mol. The zero-order valence-corrected chi connectivity index (χ0v) is 12.3. The van der Waals surface area contributed by atoms with Gasteiger partial charge in [0.1, 0.15) is 5.82 Å². The van der Waals surface area contributed by atoms with Crippen molar-refractivity contribution >= 4 is 11.6 Å². The minimum Gasteiger partial charge on any atom is -0.329 e. The molecule has 1 saturated heterocycles. The van der Waals surface area contributed by atoms with Gasteiger partial charge in [0, 0.05) is 30.2 Å². The molecule has 1 aromatic carbocycles. The van der Waals surface area contributed by atoms with E-state index in [1.165, 1.54) is 18.9 Å². The molecule has 0 aliphatic carbocycles. The molecule has 3 unspecified atom stereocenters. The van der Waals surface area contributed by atoms with Gasteiger partial charge in [-0.25, -0.2) is 4.39 Å². The summed E-state index contributed by atoms with van der Waals surface area (Å²) in [6.07, 6.45) is 2.42. The van der Waals surface area contributed by atoms with E-state index < -0.39 is 0 Å². The van der Waals surface area contributed by atoms with Gasteiger partial charge >= 0.3 is 0 Å². The molecular formula is C15H22ClFN2. The Labute approximate surface area is 119 Å². The molecular weight excluding hydrogens is 263 g/mol. The zero-order valence-electron chi connectivity index (χ0n) is 11.6. The number of hydrogen-bond acceptors (Lipinski definition) is 2. The summed E-state index contributed by atoms with van der Waals surface area (Å²) in [4.78, 5) is 2.39. The summed E-state index contributed by atoms with van der Waals surface area (Å²) in [6, 6.07) is 5.24. The molecule has 0 amide bonds. The molecule has 0 spiro atoms. The van der Waals surface area contributed by atoms with Crippen molar-refractivity contribution < 1.29 is 4.39 Å². The van der Waals surface area contributed by atoms with Crippen LogP contribution in [0.15, 0.2) is 18.2 Å². The summed E-state index contributed by atoms with van der Waals surface area (Å²) >= 11 is 5.96. The molecule has 0 saturated carbocycles. The molecule has 0 aromatic heterocycles. The van der Waals surface area contributed by atoms with Crippen LogP contribution in [0.1, 0.15) is 38.3 Å². The molecule has 2 N–H and O–H groups in total. The molecule has 1 aromatic rings. The molecule has 106 valence electrons. The van der Waals surface area contributed by atoms with Crippen molar-refractivity contribution in [1.29, 1.82) is 0 Å². The van der Waals surface area contributed by atoms with Gasteiger partial charge < -0.3 is 5.73 Å². The first kappa shape index (κ1) is 14.8. The summed E-state index contributed by atoms with van der Waals surface area (Å²) in [6.45, 7) is 5.97. The maximum absolute atomic E-state index is 13.5. The highest BCUT2D eigenvalue weighted by Crippen LogP contribution is 2.31. The van der Waals surface area contributed by atoms with Crippen LogP contribution in [-0.2, 0) is 0 Å². The van der Waals surface area contributed by atoms with Crippen LogP contribution in [0.5, 0.6) is 0 Å². The Morgan fingerprint density at radius 1 is 1.37 bits per heavy atom. The predicted octanol–water partition coefficient (Wildman–Crippen LogP) is 3.60. The Morgan fingerprint density at radius 3 is 2.74 bits per heavy atom. The van der Waals surface area contributed by atoms with Crippen LogP contribution < -0.4 is 5.73 Å². The number of rotatable bonds is 3. The van der Waals surface area contributed by atoms with Crippen LogP contribution in [0.3, 0.4) is 0 Å². The average Bonchev–Trinajstić information content (AvgIpc) is 2.33. The minimum atomic E-state index is -0.293. The monoisotopic (exact) mass is 284 g/mol. The smallest absolute Gasteiger partial charge is 0.125 e. The number of nitrogens with zero attached hydrogens (tertiary/aromatic N) is 1. The molecule has 2 nitrogen and oxygen atoms in total. The topological polar surface area (TPSA) is 29.3 Å². The second kappa shape index (κ2) is 6.21. The number of piperidine rings is 1. The first-order chi connectivity index (χ1) is 9.01. The summed E-state index contributed by atoms with van der Waals surface area (Å²) in [5.74, 6) is 0.368. The van der Waals surface area contributed by atoms with Gasteiger partial charge in [-0.1, -0.05) is 18.5 Å². The number of likely N-dealkylation sites (tertiary alicyclic amines) is 1. The highest BCUT2D eigenvalue weighted by molar-refractivity contribution is 6.30. The van der Waals surface area contributed by atoms with Crippen LogP contribution >= 0.6 is 11.6 Å². The van der Waals surface area contributed by atoms with E-state index in [2.05, 4.69) is 18.7 Å². The van der Waals surface area contributed by atoms with Gasteiger partial charge in [-0.2, -0.15) is 0 Å². The van der Waals surface area contributed by atoms with Crippen LogP contribution in [0.4, 0.5) is 4.39 Å². The summed E-state index contributed by atoms with van der Waals surface area (Å²) < 4.78 is 13.5. The third-order valence-electron chi connectivity index (χ3n) is 4.06. The fourth-order valence-corrected chi connectivity index (χ4v) is 3.22. The molecule has 0 radical (unpaired) electrons. The molecule has 4 heteroatoms. The van der Waals surface area contributed by atoms with Crippen LogP contribution in [0.25, 0.3) is 0 Å². The summed E-state index contributed by atoms with van der Waals surface area (Å²) in [7, 11) is 0. The fraction of sp³-hybridized carbons (Fsp3) is 0.600. The van der Waals surface area contributed by atoms with Crippen molar-refractivity contribution in [2.45, 2.75) is 38.8 Å². The van der Waals surface area contributed by atoms with Crippen molar-refractivity contribution in [3.8, 4) is 0 Å². The number of halogens is 2. The Bertz CT molecular complexity index is 418. The normalized spacial score (nSPS) is 26.4. The lowest BCUT2D eigenvalue weighted by atomic mass is 9.91. The van der Waals surface area contributed by atoms with Gasteiger partial charge in [0.25, 0.3) is 0 Å². The third kappa shape index (κ3) is 3.47. The molecule has 0 bridgehead atoms. The number of hydrogen-bond donors (Lipinski definition) is 1. The van der Waals surface area contributed by atoms with Crippen molar-refractivity contribution in [2.75, 3.05) is 13.1 Å². The number of benzene rings is 1. The molecule has 1 aliphatic rings. The van der Waals surface area contributed by atoms with Gasteiger partial charge in [-0.05, 0) is 49.4 Å². The van der Waals surface area contributed by atoms with E-state index in [0.717, 1.165) is 12.1 Å². The van der Waals surface area contributed by atoms with E-state index in [4.69, 9.17) is 17.3 Å². The second-order valence-electron chi connectivity index (χ2n) is 5.68. The molecule has 3 atom stereocenters. The first-order valence-corrected chi connectivity index (χ1v) is 7.31. The minimum absolute atomic E-state index is 0.0472. The lowest BCUT2D eigenvalue weighted by Crippen LogP contribution is -2.45. The SMILES string of the molecule is CC1CCC(C)N(C(CN)c2cc(F)cc(Cl)c2)C1. The van der Waals surface area contributed by atoms with Crippen LogP contribution in [0.2, 0.25) is 5.02 Å². The molecule has 1 aliphatic heterocycles. The van der Waals surface area contributed by atoms with Crippen LogP contribution in [-0.4, -0.2) is 24.0 Å². The second-order valence-corrected chi connectivity index (χ2v) is 6.12. The van der Waals surface area contributed by atoms with Gasteiger partial charge in [0.15, 0.2) is 0 Å². The van der Waals surface area contributed by atoms with Crippen LogP contribution in [0, 0.1) is 11.7 Å². The molecule has 1 fully saturated rings. The Morgan fingerprint density at radius 2 is 2.11 bits per heavy atom. The van der Waals surface area contributed by atoms with Gasteiger partial charge in [0.2, 0.25) is 0 Å². The largest absolute Gasteiger partial charge is 0.329 e. The predicted molar refractivity (Wildman–Crippen MR) is 77.8 cm³/mol. The van der Waals surface area contributed by atoms with E-state index in [0.29, 0.717) is 23.5 Å². The Balaban J connectivity index is 2.27. The van der Waals surface area contributed by atoms with E-state index in [1.54, 1.807) is 6.07 Å². The lowest BCUT2D eigenvalue weighted by Gasteiger charge is -2.42. The highest BCUT2D eigenvalue weighted by Gasteiger charge is 2.29. The van der Waals surface area contributed by atoms with Gasteiger partial charge in [0.05, 0.1) is 0 Å². The van der Waals surface area contributed by atoms with E-state index in [9.17, 15) is 4.39 Å². The maximum Gasteiger partial charge on any atom is 0.125 e. The van der Waals surface area contributed by atoms with Crippen molar-refractivity contribution in [3.63, 3.8) is 0 Å². The quantitative estimate of drug-likeness (QED) is 0.919. The molecule has 2 rings (SSSR count). The van der Waals surface area contributed by atoms with Crippen molar-refractivity contribution in [2.24, 2.45) is 11.7 Å². The summed E-state index contributed by atoms with van der Waals surface area (Å²) in [5.41, 5.74) is 6.82. The lowest BCUT2D eigenvalue weighted by molar-refractivity contribution is 0.0797. The van der Waals surface area contributed by atoms with Crippen molar-refractivity contribution in [3.05, 3.63) is 34.6 Å². The first-order valence-electron chi connectivity index (χ1n) is 6.93. The Hall–Kier alpha value is -0.640. The zero-order chi connectivity index (χ0) is 14.0. The molecule has 19 heavy (non-hydrogen) atoms. The fourth-order valence-electron chi connectivity index (χ4n) is 2.99. The number of nitrogens with two attached hydrogens (primary N) is 1. The maximum atomic E-state index is 13.5. The van der Waals surface area contributed by atoms with Gasteiger partial charge in [-0.3, -0.25) is 4.90 Å². The van der Waals surface area contributed by atoms with Crippen molar-refractivity contribution in [1.82, 2.24) is 4.90 Å². The van der Waals surface area contributed by atoms with E-state index >= 15 is 0 Å². The van der Waals surface area contributed by atoms with E-state index in [1.807, 2.05) is 6.07 Å². The third-order valence-corrected chi connectivity index (χ3v) is 4.28. The van der Waals surface area contributed by atoms with Gasteiger partial charge in [-0.15, -0.1) is 0 Å². The summed E-state index contributed by atoms with van der Waals surface area (Å²) in [5, 5.41) is 0.436.